The number of carbonyl (C=O) groups excluding carboxylic acids is 1. The third-order valence-corrected chi connectivity index (χ3v) is 3.69. The van der Waals surface area contributed by atoms with Crippen LogP contribution in [0.3, 0.4) is 0 Å². The van der Waals surface area contributed by atoms with Crippen molar-refractivity contribution in [3.05, 3.63) is 35.9 Å². The molecule has 0 bridgehead atoms. The molecule has 1 aliphatic heterocycles. The summed E-state index contributed by atoms with van der Waals surface area (Å²) in [5, 5.41) is 0. The molecule has 1 amide bonds. The molecule has 116 valence electrons. The summed E-state index contributed by atoms with van der Waals surface area (Å²) in [6.45, 7) is 7.94. The van der Waals surface area contributed by atoms with E-state index in [-0.39, 0.29) is 12.3 Å². The summed E-state index contributed by atoms with van der Waals surface area (Å²) >= 11 is 0. The molecule has 5 nitrogen and oxygen atoms in total. The van der Waals surface area contributed by atoms with Crippen LogP contribution in [0.2, 0.25) is 0 Å². The molecule has 21 heavy (non-hydrogen) atoms. The van der Waals surface area contributed by atoms with Crippen LogP contribution in [0.15, 0.2) is 30.3 Å². The van der Waals surface area contributed by atoms with Crippen LogP contribution in [-0.4, -0.2) is 54.9 Å². The molecule has 0 radical (unpaired) electrons. The molecule has 1 heterocycles. The Labute approximate surface area is 126 Å². The maximum atomic E-state index is 11.6. The maximum Gasteiger partial charge on any atom is 0.409 e. The molecule has 5 heteroatoms. The number of nitrogens with zero attached hydrogens (tertiary/aromatic N) is 2. The summed E-state index contributed by atoms with van der Waals surface area (Å²) in [5.41, 5.74) is 1.18. The van der Waals surface area contributed by atoms with Crippen LogP contribution in [0, 0.1) is 0 Å². The van der Waals surface area contributed by atoms with Crippen LogP contribution in [0.5, 0.6) is 0 Å². The second-order valence-corrected chi connectivity index (χ2v) is 5.12. The van der Waals surface area contributed by atoms with Crippen molar-refractivity contribution < 1.29 is 14.3 Å². The fourth-order valence-corrected chi connectivity index (χ4v) is 2.38. The molecular weight excluding hydrogens is 268 g/mol. The van der Waals surface area contributed by atoms with Gasteiger partial charge in [-0.25, -0.2) is 4.79 Å². The highest BCUT2D eigenvalue weighted by molar-refractivity contribution is 5.67. The summed E-state index contributed by atoms with van der Waals surface area (Å²) < 4.78 is 10.9. The van der Waals surface area contributed by atoms with Crippen LogP contribution < -0.4 is 0 Å². The maximum absolute atomic E-state index is 11.6. The fraction of sp³-hybridized carbons (Fsp3) is 0.562. The van der Waals surface area contributed by atoms with Crippen LogP contribution in [0.4, 0.5) is 4.79 Å². The smallest absolute Gasteiger partial charge is 0.409 e. The largest absolute Gasteiger partial charge is 0.450 e. The lowest BCUT2D eigenvalue weighted by molar-refractivity contribution is -0.0715. The van der Waals surface area contributed by atoms with Gasteiger partial charge in [-0.2, -0.15) is 0 Å². The van der Waals surface area contributed by atoms with Gasteiger partial charge in [-0.1, -0.05) is 30.3 Å². The third-order valence-electron chi connectivity index (χ3n) is 3.69. The zero-order valence-electron chi connectivity index (χ0n) is 12.8. The molecular formula is C16H24N2O3. The van der Waals surface area contributed by atoms with Crippen molar-refractivity contribution in [2.75, 3.05) is 32.8 Å². The second-order valence-electron chi connectivity index (χ2n) is 5.12. The van der Waals surface area contributed by atoms with Gasteiger partial charge in [0.1, 0.15) is 6.23 Å². The average molecular weight is 292 g/mol. The Morgan fingerprint density at radius 2 is 1.86 bits per heavy atom. The van der Waals surface area contributed by atoms with Crippen molar-refractivity contribution in [1.82, 2.24) is 9.80 Å². The van der Waals surface area contributed by atoms with Gasteiger partial charge < -0.3 is 14.4 Å². The Morgan fingerprint density at radius 1 is 1.19 bits per heavy atom. The molecule has 1 saturated heterocycles. The zero-order chi connectivity index (χ0) is 15.1. The summed E-state index contributed by atoms with van der Waals surface area (Å²) in [7, 11) is 0. The van der Waals surface area contributed by atoms with Gasteiger partial charge >= 0.3 is 6.09 Å². The molecule has 0 aliphatic carbocycles. The van der Waals surface area contributed by atoms with E-state index in [9.17, 15) is 4.79 Å². The predicted molar refractivity (Wildman–Crippen MR) is 80.9 cm³/mol. The number of benzene rings is 1. The second kappa shape index (κ2) is 8.00. The minimum absolute atomic E-state index is 0.0505. The lowest BCUT2D eigenvalue weighted by Gasteiger charge is -2.37. The van der Waals surface area contributed by atoms with Crippen molar-refractivity contribution in [3.63, 3.8) is 0 Å². The molecule has 2 rings (SSSR count). The first-order valence-electron chi connectivity index (χ1n) is 7.52. The number of rotatable bonds is 5. The molecule has 1 unspecified atom stereocenters. The van der Waals surface area contributed by atoms with E-state index in [1.54, 1.807) is 4.90 Å². The van der Waals surface area contributed by atoms with Gasteiger partial charge in [-0.3, -0.25) is 4.90 Å². The first kappa shape index (κ1) is 15.8. The van der Waals surface area contributed by atoms with E-state index in [0.717, 1.165) is 13.1 Å². The topological polar surface area (TPSA) is 42.0 Å². The van der Waals surface area contributed by atoms with Crippen LogP contribution >= 0.6 is 0 Å². The number of ether oxygens (including phenoxy) is 2. The zero-order valence-corrected chi connectivity index (χ0v) is 12.8. The van der Waals surface area contributed by atoms with Crippen LogP contribution in [0.1, 0.15) is 19.4 Å². The van der Waals surface area contributed by atoms with Gasteiger partial charge in [0.15, 0.2) is 0 Å². The molecule has 1 atom stereocenters. The van der Waals surface area contributed by atoms with Gasteiger partial charge in [0, 0.05) is 26.2 Å². The van der Waals surface area contributed by atoms with Crippen molar-refractivity contribution in [1.29, 1.82) is 0 Å². The number of piperazine rings is 1. The van der Waals surface area contributed by atoms with E-state index in [1.165, 1.54) is 5.56 Å². The normalized spacial score (nSPS) is 17.5. The number of hydrogen-bond acceptors (Lipinski definition) is 4. The molecule has 0 saturated carbocycles. The third kappa shape index (κ3) is 4.72. The summed E-state index contributed by atoms with van der Waals surface area (Å²) in [4.78, 5) is 15.6. The van der Waals surface area contributed by atoms with E-state index in [2.05, 4.69) is 24.0 Å². The van der Waals surface area contributed by atoms with E-state index in [4.69, 9.17) is 9.47 Å². The number of amides is 1. The summed E-state index contributed by atoms with van der Waals surface area (Å²) in [5.74, 6) is 0. The summed E-state index contributed by atoms with van der Waals surface area (Å²) in [6.07, 6.45) is -0.162. The fourth-order valence-electron chi connectivity index (χ4n) is 2.38. The van der Waals surface area contributed by atoms with Gasteiger partial charge in [-0.15, -0.1) is 0 Å². The molecule has 0 spiro atoms. The Bertz CT molecular complexity index is 430. The van der Waals surface area contributed by atoms with E-state index in [0.29, 0.717) is 26.3 Å². The Balaban J connectivity index is 1.73. The van der Waals surface area contributed by atoms with Crippen molar-refractivity contribution >= 4 is 6.09 Å². The number of carbonyl (C=O) groups is 1. The van der Waals surface area contributed by atoms with Crippen LogP contribution in [0.25, 0.3) is 0 Å². The van der Waals surface area contributed by atoms with Crippen molar-refractivity contribution in [2.45, 2.75) is 26.7 Å². The van der Waals surface area contributed by atoms with Crippen molar-refractivity contribution in [3.8, 4) is 0 Å². The van der Waals surface area contributed by atoms with Crippen LogP contribution in [-0.2, 0) is 16.1 Å². The number of hydrogen-bond donors (Lipinski definition) is 0. The predicted octanol–water partition coefficient (Wildman–Crippen LogP) is 2.32. The molecule has 0 N–H and O–H groups in total. The molecule has 0 aromatic heterocycles. The standard InChI is InChI=1S/C16H24N2O3/c1-3-20-16(19)18-11-9-17(10-12-18)14(2)21-13-15-7-5-4-6-8-15/h4-8,14H,3,9-13H2,1-2H3. The van der Waals surface area contributed by atoms with Gasteiger partial charge in [0.25, 0.3) is 0 Å². The van der Waals surface area contributed by atoms with Gasteiger partial charge in [-0.05, 0) is 19.4 Å². The highest BCUT2D eigenvalue weighted by Gasteiger charge is 2.24. The van der Waals surface area contributed by atoms with E-state index < -0.39 is 0 Å². The average Bonchev–Trinajstić information content (AvgIpc) is 2.54. The molecule has 1 aliphatic rings. The highest BCUT2D eigenvalue weighted by Crippen LogP contribution is 2.11. The SMILES string of the molecule is CCOC(=O)N1CCN(C(C)OCc2ccccc2)CC1. The Kier molecular flexibility index (Phi) is 6.02. The molecule has 1 aromatic rings. The first-order chi connectivity index (χ1) is 10.2. The minimum Gasteiger partial charge on any atom is -0.450 e. The first-order valence-corrected chi connectivity index (χ1v) is 7.52. The molecule has 1 aromatic carbocycles. The lowest BCUT2D eigenvalue weighted by Crippen LogP contribution is -2.52. The Hall–Kier alpha value is -1.59. The van der Waals surface area contributed by atoms with E-state index >= 15 is 0 Å². The summed E-state index contributed by atoms with van der Waals surface area (Å²) in [6, 6.07) is 10.2. The molecule has 1 fully saturated rings. The quantitative estimate of drug-likeness (QED) is 0.835. The minimum atomic E-state index is -0.213. The highest BCUT2D eigenvalue weighted by atomic mass is 16.6. The van der Waals surface area contributed by atoms with E-state index in [1.807, 2.05) is 25.1 Å². The lowest BCUT2D eigenvalue weighted by atomic mass is 10.2. The Morgan fingerprint density at radius 3 is 2.48 bits per heavy atom. The van der Waals surface area contributed by atoms with Gasteiger partial charge in [0.2, 0.25) is 0 Å². The van der Waals surface area contributed by atoms with Gasteiger partial charge in [0.05, 0.1) is 13.2 Å². The monoisotopic (exact) mass is 292 g/mol. The van der Waals surface area contributed by atoms with Crippen molar-refractivity contribution in [2.24, 2.45) is 0 Å².